The van der Waals surface area contributed by atoms with Crippen LogP contribution in [0.2, 0.25) is 0 Å². The second kappa shape index (κ2) is 5.02. The lowest BCUT2D eigenvalue weighted by Gasteiger charge is -2.26. The van der Waals surface area contributed by atoms with Crippen LogP contribution in [0.1, 0.15) is 12.8 Å². The first kappa shape index (κ1) is 13.0. The fraction of sp³-hybridized carbons (Fsp3) is 0.385. The van der Waals surface area contributed by atoms with E-state index in [1.807, 2.05) is 29.2 Å². The van der Waals surface area contributed by atoms with Crippen LogP contribution in [-0.2, 0) is 9.84 Å². The van der Waals surface area contributed by atoms with Gasteiger partial charge in [-0.2, -0.15) is 0 Å². The monoisotopic (exact) mass is 267 g/mol. The summed E-state index contributed by atoms with van der Waals surface area (Å²) in [4.78, 5) is 2.48. The molecule has 0 fully saturated rings. The van der Waals surface area contributed by atoms with Gasteiger partial charge in [0.15, 0.2) is 9.84 Å². The maximum atomic E-state index is 11.5. The highest BCUT2D eigenvalue weighted by atomic mass is 32.2. The van der Waals surface area contributed by atoms with E-state index in [-0.39, 0.29) is 0 Å². The number of allylic oxidation sites excluding steroid dienone is 1. The van der Waals surface area contributed by atoms with Gasteiger partial charge in [-0.25, -0.2) is 8.42 Å². The van der Waals surface area contributed by atoms with Crippen molar-refractivity contribution in [3.05, 3.63) is 35.4 Å². The summed E-state index contributed by atoms with van der Waals surface area (Å²) in [7, 11) is -1.46. The van der Waals surface area contributed by atoms with Crippen LogP contribution < -0.4 is 9.64 Å². The molecular weight excluding hydrogens is 250 g/mol. The molecule has 0 aromatic heterocycles. The maximum Gasteiger partial charge on any atom is 0.173 e. The Morgan fingerprint density at radius 1 is 1.22 bits per heavy atom. The summed E-state index contributed by atoms with van der Waals surface area (Å²) in [6, 6.07) is 7.61. The average molecular weight is 267 g/mol. The molecule has 0 aliphatic carbocycles. The Kier molecular flexibility index (Phi) is 3.61. The zero-order valence-corrected chi connectivity index (χ0v) is 11.4. The van der Waals surface area contributed by atoms with Gasteiger partial charge in [-0.1, -0.05) is 0 Å². The van der Waals surface area contributed by atoms with E-state index in [0.29, 0.717) is 11.3 Å². The predicted octanol–water partition coefficient (Wildman–Crippen LogP) is 2.18. The Balaban J connectivity index is 2.27. The Hall–Kier alpha value is -1.49. The van der Waals surface area contributed by atoms with E-state index in [1.54, 1.807) is 13.3 Å². The van der Waals surface area contributed by atoms with Gasteiger partial charge in [-0.3, -0.25) is 0 Å². The molecule has 0 atom stereocenters. The molecule has 5 heteroatoms. The van der Waals surface area contributed by atoms with Crippen LogP contribution in [0.25, 0.3) is 0 Å². The normalized spacial score (nSPS) is 16.3. The molecule has 18 heavy (non-hydrogen) atoms. The Bertz CT molecular complexity index is 546. The zero-order valence-electron chi connectivity index (χ0n) is 10.6. The van der Waals surface area contributed by atoms with Gasteiger partial charge >= 0.3 is 0 Å². The fourth-order valence-corrected chi connectivity index (χ4v) is 2.82. The number of hydrogen-bond acceptors (Lipinski definition) is 4. The van der Waals surface area contributed by atoms with Gasteiger partial charge in [0.1, 0.15) is 5.75 Å². The summed E-state index contributed by atoms with van der Waals surface area (Å²) in [5.74, 6) is 0.795. The first-order valence-electron chi connectivity index (χ1n) is 5.82. The van der Waals surface area contributed by atoms with Crippen molar-refractivity contribution in [3.8, 4) is 5.75 Å². The predicted molar refractivity (Wildman–Crippen MR) is 72.5 cm³/mol. The van der Waals surface area contributed by atoms with E-state index in [9.17, 15) is 8.42 Å². The van der Waals surface area contributed by atoms with Gasteiger partial charge in [-0.05, 0) is 37.1 Å². The zero-order chi connectivity index (χ0) is 13.2. The van der Waals surface area contributed by atoms with Gasteiger partial charge in [0, 0.05) is 24.7 Å². The highest BCUT2D eigenvalue weighted by Crippen LogP contribution is 2.26. The second-order valence-corrected chi connectivity index (χ2v) is 6.43. The number of anilines is 1. The molecule has 98 valence electrons. The quantitative estimate of drug-likeness (QED) is 0.842. The van der Waals surface area contributed by atoms with Gasteiger partial charge in [-0.15, -0.1) is 0 Å². The fourth-order valence-electron chi connectivity index (χ4n) is 1.99. The highest BCUT2D eigenvalue weighted by molar-refractivity contribution is 7.94. The third-order valence-corrected chi connectivity index (χ3v) is 4.26. The summed E-state index contributed by atoms with van der Waals surface area (Å²) in [6.07, 6.45) is 4.48. The van der Waals surface area contributed by atoms with Gasteiger partial charge < -0.3 is 9.64 Å². The Labute approximate surface area is 108 Å². The standard InChI is InChI=1S/C13H17NO3S/c1-17-12-7-5-11(6-8-12)14-9-3-4-13(10-14)18(2,15)16/h5-8,10H,3-4,9H2,1-2H3. The van der Waals surface area contributed by atoms with Crippen LogP contribution in [0.5, 0.6) is 5.75 Å². The summed E-state index contributed by atoms with van der Waals surface area (Å²) in [6.45, 7) is 0.839. The van der Waals surface area contributed by atoms with Crippen molar-refractivity contribution in [1.82, 2.24) is 0 Å². The van der Waals surface area contributed by atoms with Crippen molar-refractivity contribution in [2.45, 2.75) is 12.8 Å². The van der Waals surface area contributed by atoms with E-state index in [0.717, 1.165) is 24.4 Å². The minimum Gasteiger partial charge on any atom is -0.497 e. The van der Waals surface area contributed by atoms with Crippen molar-refractivity contribution < 1.29 is 13.2 Å². The number of ether oxygens (including phenoxy) is 1. The number of nitrogens with zero attached hydrogens (tertiary/aromatic N) is 1. The molecular formula is C13H17NO3S. The molecule has 0 saturated carbocycles. The second-order valence-electron chi connectivity index (χ2n) is 4.36. The lowest BCUT2D eigenvalue weighted by Crippen LogP contribution is -2.24. The third-order valence-electron chi connectivity index (χ3n) is 3.00. The molecule has 0 radical (unpaired) electrons. The maximum absolute atomic E-state index is 11.5. The number of hydrogen-bond donors (Lipinski definition) is 0. The summed E-state index contributed by atoms with van der Waals surface area (Å²) >= 11 is 0. The molecule has 0 amide bonds. The van der Waals surface area contributed by atoms with Gasteiger partial charge in [0.25, 0.3) is 0 Å². The molecule has 0 spiro atoms. The largest absolute Gasteiger partial charge is 0.497 e. The molecule has 1 aliphatic rings. The lowest BCUT2D eigenvalue weighted by molar-refractivity contribution is 0.415. The highest BCUT2D eigenvalue weighted by Gasteiger charge is 2.18. The van der Waals surface area contributed by atoms with Crippen LogP contribution in [-0.4, -0.2) is 28.3 Å². The van der Waals surface area contributed by atoms with Crippen molar-refractivity contribution in [3.63, 3.8) is 0 Å². The molecule has 0 N–H and O–H groups in total. The van der Waals surface area contributed by atoms with Crippen LogP contribution >= 0.6 is 0 Å². The van der Waals surface area contributed by atoms with E-state index in [1.165, 1.54) is 6.26 Å². The first-order chi connectivity index (χ1) is 8.50. The van der Waals surface area contributed by atoms with E-state index >= 15 is 0 Å². The molecule has 4 nitrogen and oxygen atoms in total. The molecule has 1 aromatic rings. The summed E-state index contributed by atoms with van der Waals surface area (Å²) in [5, 5.41) is 0. The van der Waals surface area contributed by atoms with Gasteiger partial charge in [0.2, 0.25) is 0 Å². The summed E-state index contributed by atoms with van der Waals surface area (Å²) in [5.41, 5.74) is 0.983. The van der Waals surface area contributed by atoms with Crippen LogP contribution in [0.3, 0.4) is 0 Å². The van der Waals surface area contributed by atoms with Crippen LogP contribution in [0, 0.1) is 0 Å². The third kappa shape index (κ3) is 2.85. The molecule has 0 saturated heterocycles. The number of sulfone groups is 1. The molecule has 1 aliphatic heterocycles. The molecule has 2 rings (SSSR count). The first-order valence-corrected chi connectivity index (χ1v) is 7.71. The molecule has 1 heterocycles. The Morgan fingerprint density at radius 3 is 2.44 bits per heavy atom. The van der Waals surface area contributed by atoms with Crippen molar-refractivity contribution >= 4 is 15.5 Å². The number of methoxy groups -OCH3 is 1. The van der Waals surface area contributed by atoms with Crippen molar-refractivity contribution in [2.24, 2.45) is 0 Å². The van der Waals surface area contributed by atoms with Crippen LogP contribution in [0.4, 0.5) is 5.69 Å². The van der Waals surface area contributed by atoms with E-state index < -0.39 is 9.84 Å². The van der Waals surface area contributed by atoms with E-state index in [4.69, 9.17) is 4.74 Å². The SMILES string of the molecule is COc1ccc(N2C=C(S(C)(=O)=O)CCC2)cc1. The molecule has 0 unspecified atom stereocenters. The lowest BCUT2D eigenvalue weighted by atomic mass is 10.2. The van der Waals surface area contributed by atoms with E-state index in [2.05, 4.69) is 0 Å². The smallest absolute Gasteiger partial charge is 0.173 e. The number of rotatable bonds is 3. The minimum absolute atomic E-state index is 0.504. The molecule has 0 bridgehead atoms. The average Bonchev–Trinajstić information content (AvgIpc) is 2.38. The van der Waals surface area contributed by atoms with Crippen LogP contribution in [0.15, 0.2) is 35.4 Å². The summed E-state index contributed by atoms with van der Waals surface area (Å²) < 4.78 is 28.2. The van der Waals surface area contributed by atoms with Crippen molar-refractivity contribution in [1.29, 1.82) is 0 Å². The van der Waals surface area contributed by atoms with Gasteiger partial charge in [0.05, 0.1) is 12.0 Å². The topological polar surface area (TPSA) is 46.6 Å². The Morgan fingerprint density at radius 2 is 1.89 bits per heavy atom. The number of benzene rings is 1. The minimum atomic E-state index is -3.08. The van der Waals surface area contributed by atoms with Crippen molar-refractivity contribution in [2.75, 3.05) is 24.8 Å². The molecule has 1 aromatic carbocycles.